The second-order valence-corrected chi connectivity index (χ2v) is 10.3. The molecular formula is C31H29FN4O4. The first-order valence-corrected chi connectivity index (χ1v) is 13.5. The van der Waals surface area contributed by atoms with Crippen LogP contribution in [0.4, 0.5) is 4.39 Å². The van der Waals surface area contributed by atoms with Gasteiger partial charge in [0.25, 0.3) is 0 Å². The summed E-state index contributed by atoms with van der Waals surface area (Å²) in [5.41, 5.74) is 5.14. The molecule has 2 aliphatic rings. The number of rotatable bonds is 9. The van der Waals surface area contributed by atoms with E-state index in [9.17, 15) is 14.3 Å². The van der Waals surface area contributed by atoms with Gasteiger partial charge in [0.2, 0.25) is 0 Å². The van der Waals surface area contributed by atoms with Crippen molar-refractivity contribution in [1.29, 1.82) is 5.26 Å². The van der Waals surface area contributed by atoms with E-state index in [1.54, 1.807) is 30.3 Å². The molecule has 40 heavy (non-hydrogen) atoms. The maximum Gasteiger partial charge on any atom is 0.335 e. The van der Waals surface area contributed by atoms with Crippen LogP contribution in [0.2, 0.25) is 0 Å². The average molecular weight is 541 g/mol. The van der Waals surface area contributed by atoms with E-state index < -0.39 is 11.8 Å². The van der Waals surface area contributed by atoms with Gasteiger partial charge in [-0.15, -0.1) is 0 Å². The normalized spacial score (nSPS) is 16.8. The number of fused-ring (bicyclic) bond motifs is 2. The van der Waals surface area contributed by atoms with Crippen LogP contribution in [-0.4, -0.2) is 51.4 Å². The Morgan fingerprint density at radius 3 is 2.80 bits per heavy atom. The molecule has 3 heterocycles. The van der Waals surface area contributed by atoms with Crippen LogP contribution in [0.1, 0.15) is 44.9 Å². The summed E-state index contributed by atoms with van der Waals surface area (Å²) in [4.78, 5) is 18.8. The topological polar surface area (TPSA) is 101 Å². The zero-order valence-corrected chi connectivity index (χ0v) is 22.0. The van der Waals surface area contributed by atoms with Crippen LogP contribution >= 0.6 is 0 Å². The van der Waals surface area contributed by atoms with Crippen molar-refractivity contribution in [2.45, 2.75) is 45.0 Å². The lowest BCUT2D eigenvalue weighted by Gasteiger charge is -2.30. The van der Waals surface area contributed by atoms with Gasteiger partial charge in [-0.25, -0.2) is 14.2 Å². The van der Waals surface area contributed by atoms with E-state index in [1.165, 1.54) is 17.2 Å². The Bertz CT molecular complexity index is 1620. The van der Waals surface area contributed by atoms with Gasteiger partial charge >= 0.3 is 5.97 Å². The first-order chi connectivity index (χ1) is 19.5. The van der Waals surface area contributed by atoms with Crippen LogP contribution in [-0.2, 0) is 37.2 Å². The summed E-state index contributed by atoms with van der Waals surface area (Å²) in [6, 6.07) is 17.6. The highest BCUT2D eigenvalue weighted by Crippen LogP contribution is 2.27. The second-order valence-electron chi connectivity index (χ2n) is 10.3. The van der Waals surface area contributed by atoms with E-state index in [1.807, 2.05) is 12.1 Å². The molecule has 0 saturated carbocycles. The molecule has 0 radical (unpaired) electrons. The van der Waals surface area contributed by atoms with Crippen LogP contribution in [0, 0.1) is 17.1 Å². The standard InChI is InChI=1S/C31H29FN4O4/c32-27-13-20(16-33)1-2-22(27)8-11-39-25-5-3-21-7-10-35(17-24(21)14-25)19-30-34-28-6-4-23(31(37)38)15-29(28)36(30)18-26-9-12-40-26/h1-6,13-15,26H,7-12,17-19H2,(H,37,38)/t26-/m0/s1. The number of carboxylic acids is 1. The van der Waals surface area contributed by atoms with Crippen molar-refractivity contribution >= 4 is 17.0 Å². The molecule has 1 N–H and O–H groups in total. The highest BCUT2D eigenvalue weighted by molar-refractivity contribution is 5.92. The predicted octanol–water partition coefficient (Wildman–Crippen LogP) is 4.71. The first-order valence-electron chi connectivity index (χ1n) is 13.5. The number of carboxylic acid groups (broad SMARTS) is 1. The molecule has 1 aromatic heterocycles. The number of aromatic carboxylic acids is 1. The molecule has 0 amide bonds. The van der Waals surface area contributed by atoms with Crippen molar-refractivity contribution in [3.05, 3.63) is 94.1 Å². The lowest BCUT2D eigenvalue weighted by Crippen LogP contribution is -2.34. The average Bonchev–Trinajstić information content (AvgIpc) is 3.27. The smallest absolute Gasteiger partial charge is 0.335 e. The van der Waals surface area contributed by atoms with Crippen LogP contribution in [0.15, 0.2) is 54.6 Å². The first kappa shape index (κ1) is 26.0. The van der Waals surface area contributed by atoms with Crippen molar-refractivity contribution in [1.82, 2.24) is 14.5 Å². The SMILES string of the molecule is N#Cc1ccc(CCOc2ccc3c(c2)CN(Cc2nc4ccc(C(=O)O)cc4n2C[C@@H]2CCO2)CC3)c(F)c1. The van der Waals surface area contributed by atoms with Crippen molar-refractivity contribution in [2.75, 3.05) is 19.8 Å². The molecule has 6 rings (SSSR count). The number of hydrogen-bond acceptors (Lipinski definition) is 6. The Balaban J connectivity index is 1.15. The summed E-state index contributed by atoms with van der Waals surface area (Å²) in [6.07, 6.45) is 2.41. The van der Waals surface area contributed by atoms with Crippen LogP contribution in [0.5, 0.6) is 5.75 Å². The zero-order valence-electron chi connectivity index (χ0n) is 22.0. The maximum absolute atomic E-state index is 14.2. The van der Waals surface area contributed by atoms with Gasteiger partial charge in [0.1, 0.15) is 17.4 Å². The van der Waals surface area contributed by atoms with E-state index >= 15 is 0 Å². The number of halogens is 1. The van der Waals surface area contributed by atoms with Crippen molar-refractivity contribution in [3.63, 3.8) is 0 Å². The van der Waals surface area contributed by atoms with Crippen LogP contribution in [0.3, 0.4) is 0 Å². The quantitative estimate of drug-likeness (QED) is 0.328. The summed E-state index contributed by atoms with van der Waals surface area (Å²) in [7, 11) is 0. The molecule has 1 saturated heterocycles. The number of imidazole rings is 1. The molecule has 4 aromatic rings. The third kappa shape index (κ3) is 5.41. The summed E-state index contributed by atoms with van der Waals surface area (Å²) in [5.74, 6) is 0.292. The van der Waals surface area contributed by atoms with E-state index in [0.717, 1.165) is 55.1 Å². The summed E-state index contributed by atoms with van der Waals surface area (Å²) in [6.45, 7) is 3.98. The molecule has 1 atom stereocenters. The number of nitrogens with zero attached hydrogens (tertiary/aromatic N) is 4. The third-order valence-electron chi connectivity index (χ3n) is 7.71. The van der Waals surface area contributed by atoms with Crippen molar-refractivity contribution < 1.29 is 23.8 Å². The number of benzene rings is 3. The lowest BCUT2D eigenvalue weighted by molar-refractivity contribution is -0.0592. The number of hydrogen-bond donors (Lipinski definition) is 1. The van der Waals surface area contributed by atoms with Crippen LogP contribution < -0.4 is 4.74 Å². The van der Waals surface area contributed by atoms with Gasteiger partial charge < -0.3 is 19.1 Å². The molecule has 0 spiro atoms. The largest absolute Gasteiger partial charge is 0.493 e. The van der Waals surface area contributed by atoms with Gasteiger partial charge in [-0.05, 0) is 72.0 Å². The Morgan fingerprint density at radius 1 is 1.18 bits per heavy atom. The molecule has 1 fully saturated rings. The molecule has 0 unspecified atom stereocenters. The van der Waals surface area contributed by atoms with Crippen molar-refractivity contribution in [2.24, 2.45) is 0 Å². The number of ether oxygens (including phenoxy) is 2. The molecule has 8 nitrogen and oxygen atoms in total. The van der Waals surface area contributed by atoms with E-state index in [4.69, 9.17) is 19.7 Å². The fourth-order valence-corrected chi connectivity index (χ4v) is 5.38. The summed E-state index contributed by atoms with van der Waals surface area (Å²) >= 11 is 0. The van der Waals surface area contributed by atoms with Gasteiger partial charge in [-0.3, -0.25) is 4.90 Å². The predicted molar refractivity (Wildman–Crippen MR) is 146 cm³/mol. The second kappa shape index (κ2) is 11.1. The Kier molecular flexibility index (Phi) is 7.20. The van der Waals surface area contributed by atoms with Crippen LogP contribution in [0.25, 0.3) is 11.0 Å². The Hall–Kier alpha value is -4.26. The Labute approximate surface area is 231 Å². The van der Waals surface area contributed by atoms with Gasteiger partial charge in [0, 0.05) is 26.1 Å². The van der Waals surface area contributed by atoms with Gasteiger partial charge in [0.05, 0.1) is 54.0 Å². The fourth-order valence-electron chi connectivity index (χ4n) is 5.38. The molecule has 9 heteroatoms. The molecule has 204 valence electrons. The molecule has 3 aromatic carbocycles. The van der Waals surface area contributed by atoms with Gasteiger partial charge in [0.15, 0.2) is 0 Å². The number of nitriles is 1. The highest BCUT2D eigenvalue weighted by Gasteiger charge is 2.25. The van der Waals surface area contributed by atoms with E-state index in [-0.39, 0.29) is 11.7 Å². The van der Waals surface area contributed by atoms with E-state index in [2.05, 4.69) is 21.6 Å². The third-order valence-corrected chi connectivity index (χ3v) is 7.71. The molecule has 0 aliphatic carbocycles. The monoisotopic (exact) mass is 540 g/mol. The summed E-state index contributed by atoms with van der Waals surface area (Å²) < 4.78 is 28.0. The lowest BCUT2D eigenvalue weighted by atomic mass is 9.99. The van der Waals surface area contributed by atoms with Gasteiger partial charge in [-0.2, -0.15) is 5.26 Å². The zero-order chi connectivity index (χ0) is 27.6. The minimum absolute atomic E-state index is 0.115. The Morgan fingerprint density at radius 2 is 2.05 bits per heavy atom. The number of carbonyl (C=O) groups is 1. The van der Waals surface area contributed by atoms with Gasteiger partial charge in [-0.1, -0.05) is 12.1 Å². The maximum atomic E-state index is 14.2. The molecule has 2 aliphatic heterocycles. The highest BCUT2D eigenvalue weighted by atomic mass is 19.1. The molecular weight excluding hydrogens is 511 g/mol. The molecule has 0 bridgehead atoms. The fraction of sp³-hybridized carbons (Fsp3) is 0.323. The van der Waals surface area contributed by atoms with E-state index in [0.29, 0.717) is 37.2 Å². The minimum atomic E-state index is -0.955. The van der Waals surface area contributed by atoms with Crippen molar-refractivity contribution in [3.8, 4) is 11.8 Å². The minimum Gasteiger partial charge on any atom is -0.493 e. The number of aromatic nitrogens is 2. The summed E-state index contributed by atoms with van der Waals surface area (Å²) in [5, 5.41) is 18.4.